The molecule has 0 saturated heterocycles. The maximum Gasteiger partial charge on any atom is 0.337 e. The Hall–Kier alpha value is -2.75. The molecule has 0 spiro atoms. The van der Waals surface area contributed by atoms with E-state index in [1.54, 1.807) is 6.07 Å². The summed E-state index contributed by atoms with van der Waals surface area (Å²) in [4.78, 5) is 11.8. The second-order valence-electron chi connectivity index (χ2n) is 7.53. The molecule has 0 unspecified atom stereocenters. The fourth-order valence-electron chi connectivity index (χ4n) is 3.14. The molecule has 3 rings (SSSR count). The van der Waals surface area contributed by atoms with Crippen LogP contribution < -0.4 is 4.74 Å². The molecule has 1 aromatic heterocycles. The quantitative estimate of drug-likeness (QED) is 0.536. The van der Waals surface area contributed by atoms with Crippen molar-refractivity contribution in [2.75, 3.05) is 13.7 Å². The van der Waals surface area contributed by atoms with Gasteiger partial charge in [0.2, 0.25) is 0 Å². The fraction of sp³-hybridized carbons (Fsp3) is 0.348. The molecule has 0 aliphatic carbocycles. The number of nitrogens with zero attached hydrogens (tertiary/aromatic N) is 1. The van der Waals surface area contributed by atoms with E-state index in [2.05, 4.69) is 50.5 Å². The summed E-state index contributed by atoms with van der Waals surface area (Å²) in [6.07, 6.45) is 2.02. The lowest BCUT2D eigenvalue weighted by Crippen LogP contribution is -2.07. The Morgan fingerprint density at radius 2 is 1.81 bits per heavy atom. The predicted molar refractivity (Wildman–Crippen MR) is 109 cm³/mol. The lowest BCUT2D eigenvalue weighted by Gasteiger charge is -2.17. The zero-order chi connectivity index (χ0) is 19.6. The highest BCUT2D eigenvalue weighted by atomic mass is 16.5. The maximum atomic E-state index is 11.8. The van der Waals surface area contributed by atoms with Gasteiger partial charge in [0.25, 0.3) is 0 Å². The standard InChI is InChI=1S/C23H27NO3/c1-15(2)14-27-22-13-19(7-8-20(22)16(3)4)24-11-10-17-12-18(23(25)26-5)6-9-21(17)24/h6-13,15-16H,14H2,1-5H3. The molecule has 0 saturated carbocycles. The molecule has 4 nitrogen and oxygen atoms in total. The van der Waals surface area contributed by atoms with E-state index in [9.17, 15) is 4.79 Å². The summed E-state index contributed by atoms with van der Waals surface area (Å²) in [5, 5.41) is 0.996. The summed E-state index contributed by atoms with van der Waals surface area (Å²) >= 11 is 0. The van der Waals surface area contributed by atoms with Crippen molar-refractivity contribution in [3.63, 3.8) is 0 Å². The van der Waals surface area contributed by atoms with Crippen LogP contribution >= 0.6 is 0 Å². The SMILES string of the molecule is COC(=O)c1ccc2c(ccn2-c2ccc(C(C)C)c(OCC(C)C)c2)c1. The van der Waals surface area contributed by atoms with Crippen LogP contribution in [0.3, 0.4) is 0 Å². The van der Waals surface area contributed by atoms with E-state index in [1.165, 1.54) is 12.7 Å². The average molecular weight is 365 g/mol. The predicted octanol–water partition coefficient (Wildman–Crippen LogP) is 5.58. The van der Waals surface area contributed by atoms with E-state index in [1.807, 2.05) is 24.4 Å². The van der Waals surface area contributed by atoms with E-state index in [0.717, 1.165) is 22.3 Å². The number of benzene rings is 2. The number of rotatable bonds is 6. The molecule has 142 valence electrons. The minimum absolute atomic E-state index is 0.324. The Kier molecular flexibility index (Phi) is 5.54. The van der Waals surface area contributed by atoms with Crippen molar-refractivity contribution in [1.29, 1.82) is 0 Å². The third-order valence-electron chi connectivity index (χ3n) is 4.58. The van der Waals surface area contributed by atoms with Crippen molar-refractivity contribution in [3.05, 3.63) is 59.8 Å². The monoisotopic (exact) mass is 365 g/mol. The van der Waals surface area contributed by atoms with Gasteiger partial charge < -0.3 is 14.0 Å². The van der Waals surface area contributed by atoms with E-state index in [4.69, 9.17) is 9.47 Å². The van der Waals surface area contributed by atoms with Gasteiger partial charge in [-0.25, -0.2) is 4.79 Å². The van der Waals surface area contributed by atoms with Crippen molar-refractivity contribution < 1.29 is 14.3 Å². The van der Waals surface area contributed by atoms with Gasteiger partial charge >= 0.3 is 5.97 Å². The molecule has 0 aliphatic rings. The fourth-order valence-corrected chi connectivity index (χ4v) is 3.14. The first-order valence-electron chi connectivity index (χ1n) is 9.37. The lowest BCUT2D eigenvalue weighted by atomic mass is 10.0. The first-order valence-corrected chi connectivity index (χ1v) is 9.37. The zero-order valence-electron chi connectivity index (χ0n) is 16.7. The molecule has 0 radical (unpaired) electrons. The van der Waals surface area contributed by atoms with Gasteiger partial charge in [-0.2, -0.15) is 0 Å². The van der Waals surface area contributed by atoms with Crippen molar-refractivity contribution in [2.24, 2.45) is 5.92 Å². The van der Waals surface area contributed by atoms with Crippen LogP contribution in [-0.4, -0.2) is 24.3 Å². The Bertz CT molecular complexity index is 953. The summed E-state index contributed by atoms with van der Waals surface area (Å²) in [5.41, 5.74) is 3.84. The summed E-state index contributed by atoms with van der Waals surface area (Å²) < 4.78 is 13.0. The van der Waals surface area contributed by atoms with Crippen LogP contribution in [0.2, 0.25) is 0 Å². The second-order valence-corrected chi connectivity index (χ2v) is 7.53. The van der Waals surface area contributed by atoms with E-state index >= 15 is 0 Å². The summed E-state index contributed by atoms with van der Waals surface area (Å²) in [6.45, 7) is 9.35. The van der Waals surface area contributed by atoms with Crippen LogP contribution in [0.25, 0.3) is 16.6 Å². The van der Waals surface area contributed by atoms with Crippen molar-refractivity contribution >= 4 is 16.9 Å². The highest BCUT2D eigenvalue weighted by Gasteiger charge is 2.13. The molecule has 0 aliphatic heterocycles. The van der Waals surface area contributed by atoms with Gasteiger partial charge in [0.15, 0.2) is 0 Å². The number of carbonyl (C=O) groups excluding carboxylic acids is 1. The number of esters is 1. The van der Waals surface area contributed by atoms with Crippen molar-refractivity contribution in [2.45, 2.75) is 33.6 Å². The Morgan fingerprint density at radius 1 is 1.04 bits per heavy atom. The smallest absolute Gasteiger partial charge is 0.337 e. The average Bonchev–Trinajstić information content (AvgIpc) is 3.08. The van der Waals surface area contributed by atoms with Gasteiger partial charge in [0.05, 0.1) is 24.8 Å². The molecule has 0 atom stereocenters. The summed E-state index contributed by atoms with van der Waals surface area (Å²) in [7, 11) is 1.40. The van der Waals surface area contributed by atoms with E-state index < -0.39 is 0 Å². The Morgan fingerprint density at radius 3 is 2.48 bits per heavy atom. The van der Waals surface area contributed by atoms with Crippen LogP contribution in [0.1, 0.15) is 49.5 Å². The van der Waals surface area contributed by atoms with Crippen LogP contribution in [0.5, 0.6) is 5.75 Å². The minimum atomic E-state index is -0.324. The highest BCUT2D eigenvalue weighted by molar-refractivity contribution is 5.95. The number of hydrogen-bond donors (Lipinski definition) is 0. The summed E-state index contributed by atoms with van der Waals surface area (Å²) in [5.74, 6) is 1.47. The van der Waals surface area contributed by atoms with E-state index in [0.29, 0.717) is 24.0 Å². The van der Waals surface area contributed by atoms with Gasteiger partial charge in [-0.15, -0.1) is 0 Å². The zero-order valence-corrected chi connectivity index (χ0v) is 16.7. The maximum absolute atomic E-state index is 11.8. The molecule has 0 amide bonds. The molecule has 2 aromatic carbocycles. The van der Waals surface area contributed by atoms with Gasteiger partial charge in [0.1, 0.15) is 5.75 Å². The number of aromatic nitrogens is 1. The Labute approximate surface area is 160 Å². The van der Waals surface area contributed by atoms with Crippen LogP contribution in [0, 0.1) is 5.92 Å². The number of methoxy groups -OCH3 is 1. The Balaban J connectivity index is 2.02. The van der Waals surface area contributed by atoms with Crippen LogP contribution in [0.4, 0.5) is 0 Å². The molecular weight excluding hydrogens is 338 g/mol. The topological polar surface area (TPSA) is 40.5 Å². The highest BCUT2D eigenvalue weighted by Crippen LogP contribution is 2.31. The number of ether oxygens (including phenoxy) is 2. The molecule has 4 heteroatoms. The normalized spacial score (nSPS) is 11.4. The lowest BCUT2D eigenvalue weighted by molar-refractivity contribution is 0.0601. The van der Waals surface area contributed by atoms with Gasteiger partial charge in [-0.1, -0.05) is 33.8 Å². The van der Waals surface area contributed by atoms with Crippen molar-refractivity contribution in [3.8, 4) is 11.4 Å². The van der Waals surface area contributed by atoms with Crippen LogP contribution in [-0.2, 0) is 4.74 Å². The van der Waals surface area contributed by atoms with Gasteiger partial charge in [-0.3, -0.25) is 0 Å². The molecule has 1 heterocycles. The third-order valence-corrected chi connectivity index (χ3v) is 4.58. The third kappa shape index (κ3) is 4.00. The molecule has 27 heavy (non-hydrogen) atoms. The first-order chi connectivity index (χ1) is 12.9. The molecular formula is C23H27NO3. The van der Waals surface area contributed by atoms with Gasteiger partial charge in [0, 0.05) is 23.3 Å². The molecule has 3 aromatic rings. The number of hydrogen-bond acceptors (Lipinski definition) is 3. The molecule has 0 bridgehead atoms. The minimum Gasteiger partial charge on any atom is -0.493 e. The van der Waals surface area contributed by atoms with E-state index in [-0.39, 0.29) is 5.97 Å². The summed E-state index contributed by atoms with van der Waals surface area (Å²) in [6, 6.07) is 14.0. The number of fused-ring (bicyclic) bond motifs is 1. The molecule has 0 fully saturated rings. The van der Waals surface area contributed by atoms with Gasteiger partial charge in [-0.05, 0) is 47.7 Å². The first kappa shape index (κ1) is 19.0. The van der Waals surface area contributed by atoms with Crippen LogP contribution in [0.15, 0.2) is 48.7 Å². The molecule has 0 N–H and O–H groups in total. The van der Waals surface area contributed by atoms with Crippen molar-refractivity contribution in [1.82, 2.24) is 4.57 Å². The largest absolute Gasteiger partial charge is 0.493 e. The second kappa shape index (κ2) is 7.87. The number of carbonyl (C=O) groups is 1.